The summed E-state index contributed by atoms with van der Waals surface area (Å²) in [4.78, 5) is 25.7. The van der Waals surface area contributed by atoms with E-state index in [1.54, 1.807) is 24.1 Å². The van der Waals surface area contributed by atoms with Crippen molar-refractivity contribution in [3.63, 3.8) is 0 Å². The second-order valence-electron chi connectivity index (χ2n) is 5.72. The van der Waals surface area contributed by atoms with Crippen molar-refractivity contribution < 1.29 is 19.1 Å². The fraction of sp³-hybridized carbons (Fsp3) is 0.263. The van der Waals surface area contributed by atoms with Gasteiger partial charge in [-0.05, 0) is 42.0 Å². The van der Waals surface area contributed by atoms with E-state index in [0.29, 0.717) is 18.8 Å². The fourth-order valence-corrected chi connectivity index (χ4v) is 2.65. The van der Waals surface area contributed by atoms with Gasteiger partial charge in [0.15, 0.2) is 0 Å². The number of carbonyl (C=O) groups is 2. The molecule has 1 saturated heterocycles. The van der Waals surface area contributed by atoms with E-state index in [0.717, 1.165) is 17.0 Å². The van der Waals surface area contributed by atoms with Gasteiger partial charge in [-0.3, -0.25) is 9.59 Å². The third-order valence-corrected chi connectivity index (χ3v) is 3.97. The van der Waals surface area contributed by atoms with E-state index in [1.807, 2.05) is 36.4 Å². The van der Waals surface area contributed by atoms with Gasteiger partial charge >= 0.3 is 0 Å². The van der Waals surface area contributed by atoms with Crippen LogP contribution in [0.2, 0.25) is 0 Å². The molecule has 0 saturated carbocycles. The maximum absolute atomic E-state index is 12.2. The zero-order valence-corrected chi connectivity index (χ0v) is 14.0. The van der Waals surface area contributed by atoms with Crippen molar-refractivity contribution in [2.75, 3.05) is 37.1 Å². The summed E-state index contributed by atoms with van der Waals surface area (Å²) in [5, 5.41) is 2.86. The minimum absolute atomic E-state index is 0.0532. The van der Waals surface area contributed by atoms with Gasteiger partial charge in [0.25, 0.3) is 5.91 Å². The minimum Gasteiger partial charge on any atom is -0.497 e. The highest BCUT2D eigenvalue weighted by Crippen LogP contribution is 2.20. The zero-order chi connectivity index (χ0) is 17.6. The van der Waals surface area contributed by atoms with Gasteiger partial charge in [0.1, 0.15) is 12.4 Å². The highest BCUT2D eigenvalue weighted by Gasteiger charge is 2.19. The predicted molar refractivity (Wildman–Crippen MR) is 94.9 cm³/mol. The molecule has 2 aromatic rings. The van der Waals surface area contributed by atoms with Crippen LogP contribution in [0.4, 0.5) is 11.4 Å². The lowest BCUT2D eigenvalue weighted by Crippen LogP contribution is -2.41. The molecule has 130 valence electrons. The van der Waals surface area contributed by atoms with E-state index in [1.165, 1.54) is 0 Å². The molecule has 0 aliphatic carbocycles. The number of hydrogen-bond donors (Lipinski definition) is 1. The van der Waals surface area contributed by atoms with E-state index in [2.05, 4.69) is 5.32 Å². The van der Waals surface area contributed by atoms with Crippen molar-refractivity contribution in [2.45, 2.75) is 6.42 Å². The lowest BCUT2D eigenvalue weighted by Gasteiger charge is -2.26. The molecule has 1 fully saturated rings. The van der Waals surface area contributed by atoms with Gasteiger partial charge in [-0.2, -0.15) is 0 Å². The van der Waals surface area contributed by atoms with Gasteiger partial charge in [-0.1, -0.05) is 12.1 Å². The summed E-state index contributed by atoms with van der Waals surface area (Å²) in [6.45, 7) is 1.19. The lowest BCUT2D eigenvalue weighted by atomic mass is 10.1. The molecule has 0 atom stereocenters. The Morgan fingerprint density at radius 3 is 2.52 bits per heavy atom. The quantitative estimate of drug-likeness (QED) is 0.906. The highest BCUT2D eigenvalue weighted by molar-refractivity contribution is 5.96. The van der Waals surface area contributed by atoms with E-state index < -0.39 is 0 Å². The van der Waals surface area contributed by atoms with E-state index in [9.17, 15) is 9.59 Å². The van der Waals surface area contributed by atoms with E-state index in [-0.39, 0.29) is 24.8 Å². The number of methoxy groups -OCH3 is 1. The highest BCUT2D eigenvalue weighted by atomic mass is 16.5. The van der Waals surface area contributed by atoms with Crippen LogP contribution in [0.5, 0.6) is 5.75 Å². The molecule has 1 aliphatic heterocycles. The lowest BCUT2D eigenvalue weighted by molar-refractivity contribution is -0.125. The van der Waals surface area contributed by atoms with Crippen molar-refractivity contribution >= 4 is 23.2 Å². The summed E-state index contributed by atoms with van der Waals surface area (Å²) in [5.41, 5.74) is 2.42. The Morgan fingerprint density at radius 1 is 1.16 bits per heavy atom. The number of benzene rings is 2. The summed E-state index contributed by atoms with van der Waals surface area (Å²) >= 11 is 0. The Kier molecular flexibility index (Phi) is 5.30. The first-order valence-corrected chi connectivity index (χ1v) is 8.06. The van der Waals surface area contributed by atoms with Crippen LogP contribution in [0.15, 0.2) is 48.5 Å². The van der Waals surface area contributed by atoms with Crippen LogP contribution in [0, 0.1) is 0 Å². The average molecular weight is 340 g/mol. The number of carbonyl (C=O) groups excluding carboxylic acids is 2. The van der Waals surface area contributed by atoms with Gasteiger partial charge in [0.2, 0.25) is 5.91 Å². The van der Waals surface area contributed by atoms with Crippen LogP contribution >= 0.6 is 0 Å². The van der Waals surface area contributed by atoms with Crippen molar-refractivity contribution in [1.29, 1.82) is 0 Å². The van der Waals surface area contributed by atoms with Crippen LogP contribution in [0.25, 0.3) is 0 Å². The maximum Gasteiger partial charge on any atom is 0.253 e. The van der Waals surface area contributed by atoms with Gasteiger partial charge in [-0.25, -0.2) is 0 Å². The number of rotatable bonds is 5. The van der Waals surface area contributed by atoms with Crippen molar-refractivity contribution in [1.82, 2.24) is 0 Å². The Balaban J connectivity index is 1.58. The van der Waals surface area contributed by atoms with E-state index in [4.69, 9.17) is 9.47 Å². The smallest absolute Gasteiger partial charge is 0.253 e. The molecular formula is C19H20N2O4. The topological polar surface area (TPSA) is 67.9 Å². The molecule has 6 heteroatoms. The first kappa shape index (κ1) is 17.0. The second-order valence-corrected chi connectivity index (χ2v) is 5.72. The molecule has 0 unspecified atom stereocenters. The molecule has 0 radical (unpaired) electrons. The molecular weight excluding hydrogens is 320 g/mol. The fourth-order valence-electron chi connectivity index (χ4n) is 2.65. The monoisotopic (exact) mass is 340 g/mol. The molecule has 25 heavy (non-hydrogen) atoms. The van der Waals surface area contributed by atoms with Crippen LogP contribution in [-0.2, 0) is 20.7 Å². The summed E-state index contributed by atoms with van der Waals surface area (Å²) in [7, 11) is 1.61. The van der Waals surface area contributed by atoms with E-state index >= 15 is 0 Å². The number of ether oxygens (including phenoxy) is 2. The average Bonchev–Trinajstić information content (AvgIpc) is 2.63. The van der Waals surface area contributed by atoms with Crippen LogP contribution < -0.4 is 15.0 Å². The summed E-state index contributed by atoms with van der Waals surface area (Å²) in [6.07, 6.45) is 0.285. The van der Waals surface area contributed by atoms with Crippen LogP contribution in [0.3, 0.4) is 0 Å². The maximum atomic E-state index is 12.2. The number of hydrogen-bond acceptors (Lipinski definition) is 4. The molecule has 1 heterocycles. The zero-order valence-electron chi connectivity index (χ0n) is 14.0. The predicted octanol–water partition coefficient (Wildman–Crippen LogP) is 2.24. The number of anilines is 2. The number of nitrogens with one attached hydrogen (secondary N) is 1. The van der Waals surface area contributed by atoms with Gasteiger partial charge in [0.05, 0.1) is 20.1 Å². The third kappa shape index (κ3) is 4.36. The molecule has 0 spiro atoms. The molecule has 3 rings (SSSR count). The summed E-state index contributed by atoms with van der Waals surface area (Å²) in [6, 6.07) is 14.6. The van der Waals surface area contributed by atoms with Crippen molar-refractivity contribution in [3.8, 4) is 5.75 Å². The minimum atomic E-state index is -0.0969. The molecule has 2 aromatic carbocycles. The molecule has 2 amide bonds. The Labute approximate surface area is 146 Å². The standard InChI is InChI=1S/C19H20N2O4/c1-24-17-8-2-14(3-9-17)12-18(22)20-15-4-6-16(7-5-15)21-10-11-25-13-19(21)23/h2-9H,10-13H2,1H3,(H,20,22). The van der Waals surface area contributed by atoms with Crippen molar-refractivity contribution in [3.05, 3.63) is 54.1 Å². The molecule has 1 aliphatic rings. The first-order chi connectivity index (χ1) is 12.2. The first-order valence-electron chi connectivity index (χ1n) is 8.06. The number of nitrogens with zero attached hydrogens (tertiary/aromatic N) is 1. The van der Waals surface area contributed by atoms with Crippen LogP contribution in [-0.4, -0.2) is 38.7 Å². The van der Waals surface area contributed by atoms with Gasteiger partial charge in [-0.15, -0.1) is 0 Å². The second kappa shape index (κ2) is 7.81. The van der Waals surface area contributed by atoms with Gasteiger partial charge in [0, 0.05) is 17.9 Å². The Morgan fingerprint density at radius 2 is 1.88 bits per heavy atom. The third-order valence-electron chi connectivity index (χ3n) is 3.97. The van der Waals surface area contributed by atoms with Crippen molar-refractivity contribution in [2.24, 2.45) is 0 Å². The normalized spacial score (nSPS) is 14.3. The number of morpholine rings is 1. The molecule has 6 nitrogen and oxygen atoms in total. The molecule has 1 N–H and O–H groups in total. The van der Waals surface area contributed by atoms with Gasteiger partial charge < -0.3 is 19.7 Å². The number of amides is 2. The Hall–Kier alpha value is -2.86. The SMILES string of the molecule is COc1ccc(CC(=O)Nc2ccc(N3CCOCC3=O)cc2)cc1. The summed E-state index contributed by atoms with van der Waals surface area (Å²) < 4.78 is 10.2. The Bertz CT molecular complexity index is 741. The summed E-state index contributed by atoms with van der Waals surface area (Å²) in [5.74, 6) is 0.611. The molecule has 0 bridgehead atoms. The largest absolute Gasteiger partial charge is 0.497 e. The van der Waals surface area contributed by atoms with Crippen LogP contribution in [0.1, 0.15) is 5.56 Å². The molecule has 0 aromatic heterocycles.